The summed E-state index contributed by atoms with van der Waals surface area (Å²) in [5.74, 6) is -0.347. The molecule has 4 heteroatoms. The van der Waals surface area contributed by atoms with E-state index in [1.807, 2.05) is 0 Å². The van der Waals surface area contributed by atoms with Gasteiger partial charge in [0.05, 0.1) is 13.2 Å². The first-order valence-electron chi connectivity index (χ1n) is 3.74. The molecular weight excluding hydrogens is 146 g/mol. The largest absolute Gasteiger partial charge is 0.459 e. The zero-order valence-corrected chi connectivity index (χ0v) is 6.58. The van der Waals surface area contributed by atoms with E-state index in [0.717, 1.165) is 6.42 Å². The molecule has 1 rings (SSSR count). The van der Waals surface area contributed by atoms with Gasteiger partial charge in [0.15, 0.2) is 0 Å². The molecule has 1 aliphatic heterocycles. The van der Waals surface area contributed by atoms with Gasteiger partial charge >= 0.3 is 5.97 Å². The van der Waals surface area contributed by atoms with E-state index in [-0.39, 0.29) is 12.1 Å². The smallest absolute Gasteiger partial charge is 0.322 e. The fourth-order valence-corrected chi connectivity index (χ4v) is 0.877. The minimum atomic E-state index is -0.532. The summed E-state index contributed by atoms with van der Waals surface area (Å²) in [4.78, 5) is 10.9. The second-order valence-electron chi connectivity index (χ2n) is 2.71. The van der Waals surface area contributed by atoms with Gasteiger partial charge < -0.3 is 15.2 Å². The van der Waals surface area contributed by atoms with Crippen molar-refractivity contribution in [2.45, 2.75) is 25.5 Å². The lowest BCUT2D eigenvalue weighted by molar-refractivity contribution is -0.150. The maximum atomic E-state index is 10.9. The van der Waals surface area contributed by atoms with E-state index in [1.165, 1.54) is 0 Å². The van der Waals surface area contributed by atoms with Gasteiger partial charge in [0.1, 0.15) is 12.1 Å². The monoisotopic (exact) mass is 159 g/mol. The van der Waals surface area contributed by atoms with Crippen LogP contribution < -0.4 is 5.73 Å². The lowest BCUT2D eigenvalue weighted by Gasteiger charge is -2.11. The first kappa shape index (κ1) is 8.49. The molecular formula is C7H13NO3. The Kier molecular flexibility index (Phi) is 2.84. The molecule has 1 heterocycles. The van der Waals surface area contributed by atoms with Gasteiger partial charge in [-0.1, -0.05) is 0 Å². The summed E-state index contributed by atoms with van der Waals surface area (Å²) < 4.78 is 10.0. The minimum Gasteiger partial charge on any atom is -0.459 e. The number of esters is 1. The highest BCUT2D eigenvalue weighted by Gasteiger charge is 2.21. The van der Waals surface area contributed by atoms with Crippen molar-refractivity contribution >= 4 is 5.97 Å². The molecule has 0 aromatic carbocycles. The van der Waals surface area contributed by atoms with Crippen LogP contribution in [0.3, 0.4) is 0 Å². The van der Waals surface area contributed by atoms with Crippen LogP contribution in [0.1, 0.15) is 13.3 Å². The number of ether oxygens (including phenoxy) is 2. The van der Waals surface area contributed by atoms with E-state index in [9.17, 15) is 4.79 Å². The molecule has 0 spiro atoms. The maximum Gasteiger partial charge on any atom is 0.322 e. The molecule has 0 aromatic rings. The summed E-state index contributed by atoms with van der Waals surface area (Å²) in [5, 5.41) is 0. The number of carbonyl (C=O) groups excluding carboxylic acids is 1. The summed E-state index contributed by atoms with van der Waals surface area (Å²) in [5.41, 5.74) is 5.30. The Morgan fingerprint density at radius 3 is 3.00 bits per heavy atom. The molecule has 1 aliphatic rings. The van der Waals surface area contributed by atoms with Crippen LogP contribution in [0.4, 0.5) is 0 Å². The van der Waals surface area contributed by atoms with Crippen molar-refractivity contribution in [2.75, 3.05) is 13.2 Å². The molecule has 2 unspecified atom stereocenters. The lowest BCUT2D eigenvalue weighted by atomic mass is 10.3. The van der Waals surface area contributed by atoms with Gasteiger partial charge in [-0.3, -0.25) is 4.79 Å². The maximum absolute atomic E-state index is 10.9. The van der Waals surface area contributed by atoms with Crippen LogP contribution in [0.5, 0.6) is 0 Å². The predicted octanol–water partition coefficient (Wildman–Crippen LogP) is -0.334. The molecule has 1 fully saturated rings. The first-order chi connectivity index (χ1) is 5.20. The number of rotatable bonds is 2. The fraction of sp³-hybridized carbons (Fsp3) is 0.857. The average molecular weight is 159 g/mol. The highest BCUT2D eigenvalue weighted by atomic mass is 16.6. The van der Waals surface area contributed by atoms with Crippen LogP contribution in [-0.2, 0) is 14.3 Å². The normalized spacial score (nSPS) is 26.5. The Morgan fingerprint density at radius 1 is 1.82 bits per heavy atom. The number of nitrogens with two attached hydrogens (primary N) is 1. The van der Waals surface area contributed by atoms with E-state index in [2.05, 4.69) is 0 Å². The summed E-state index contributed by atoms with van der Waals surface area (Å²) >= 11 is 0. The molecule has 2 N–H and O–H groups in total. The summed E-state index contributed by atoms with van der Waals surface area (Å²) in [6.07, 6.45) is 0.715. The van der Waals surface area contributed by atoms with Crippen molar-refractivity contribution in [1.29, 1.82) is 0 Å². The molecule has 0 saturated carbocycles. The standard InChI is InChI=1S/C7H13NO3/c1-5(8)7(9)11-6-2-3-10-4-6/h5-6H,2-4,8H2,1H3. The molecule has 0 amide bonds. The molecule has 64 valence electrons. The third-order valence-corrected chi connectivity index (χ3v) is 1.54. The van der Waals surface area contributed by atoms with Crippen molar-refractivity contribution in [3.05, 3.63) is 0 Å². The van der Waals surface area contributed by atoms with Gasteiger partial charge in [-0.15, -0.1) is 0 Å². The number of hydrogen-bond acceptors (Lipinski definition) is 4. The van der Waals surface area contributed by atoms with E-state index in [1.54, 1.807) is 6.92 Å². The van der Waals surface area contributed by atoms with Crippen molar-refractivity contribution < 1.29 is 14.3 Å². The molecule has 0 radical (unpaired) electrons. The zero-order valence-electron chi connectivity index (χ0n) is 6.58. The fourth-order valence-electron chi connectivity index (χ4n) is 0.877. The lowest BCUT2D eigenvalue weighted by Crippen LogP contribution is -2.32. The summed E-state index contributed by atoms with van der Waals surface area (Å²) in [6.45, 7) is 2.80. The van der Waals surface area contributed by atoms with Crippen LogP contribution in [0.25, 0.3) is 0 Å². The Balaban J connectivity index is 2.24. The molecule has 4 nitrogen and oxygen atoms in total. The third kappa shape index (κ3) is 2.48. The van der Waals surface area contributed by atoms with Gasteiger partial charge in [-0.25, -0.2) is 0 Å². The van der Waals surface area contributed by atoms with Gasteiger partial charge in [0.25, 0.3) is 0 Å². The van der Waals surface area contributed by atoms with E-state index in [0.29, 0.717) is 13.2 Å². The van der Waals surface area contributed by atoms with Crippen molar-refractivity contribution in [3.63, 3.8) is 0 Å². The van der Waals surface area contributed by atoms with E-state index < -0.39 is 6.04 Å². The zero-order chi connectivity index (χ0) is 8.27. The first-order valence-corrected chi connectivity index (χ1v) is 3.74. The Morgan fingerprint density at radius 2 is 2.55 bits per heavy atom. The predicted molar refractivity (Wildman–Crippen MR) is 39.0 cm³/mol. The van der Waals surface area contributed by atoms with Crippen LogP contribution in [0, 0.1) is 0 Å². The Hall–Kier alpha value is -0.610. The second kappa shape index (κ2) is 3.69. The molecule has 1 saturated heterocycles. The Labute approximate surface area is 65.7 Å². The second-order valence-corrected chi connectivity index (χ2v) is 2.71. The quantitative estimate of drug-likeness (QED) is 0.560. The van der Waals surface area contributed by atoms with Crippen molar-refractivity contribution in [3.8, 4) is 0 Å². The van der Waals surface area contributed by atoms with Gasteiger partial charge in [0, 0.05) is 6.42 Å². The average Bonchev–Trinajstić information content (AvgIpc) is 2.39. The van der Waals surface area contributed by atoms with Crippen LogP contribution in [-0.4, -0.2) is 31.3 Å². The van der Waals surface area contributed by atoms with Crippen molar-refractivity contribution in [2.24, 2.45) is 5.73 Å². The van der Waals surface area contributed by atoms with Gasteiger partial charge in [-0.2, -0.15) is 0 Å². The van der Waals surface area contributed by atoms with Crippen LogP contribution in [0.15, 0.2) is 0 Å². The van der Waals surface area contributed by atoms with E-state index >= 15 is 0 Å². The van der Waals surface area contributed by atoms with Gasteiger partial charge in [-0.05, 0) is 6.92 Å². The third-order valence-electron chi connectivity index (χ3n) is 1.54. The SMILES string of the molecule is CC(N)C(=O)OC1CCOC1. The summed E-state index contributed by atoms with van der Waals surface area (Å²) in [7, 11) is 0. The minimum absolute atomic E-state index is 0.0755. The molecule has 0 aromatic heterocycles. The molecule has 0 aliphatic carbocycles. The number of hydrogen-bond donors (Lipinski definition) is 1. The topological polar surface area (TPSA) is 61.6 Å². The number of carbonyl (C=O) groups is 1. The van der Waals surface area contributed by atoms with E-state index in [4.69, 9.17) is 15.2 Å². The molecule has 11 heavy (non-hydrogen) atoms. The van der Waals surface area contributed by atoms with Crippen LogP contribution >= 0.6 is 0 Å². The van der Waals surface area contributed by atoms with Gasteiger partial charge in [0.2, 0.25) is 0 Å². The highest BCUT2D eigenvalue weighted by Crippen LogP contribution is 2.08. The van der Waals surface area contributed by atoms with Crippen LogP contribution in [0.2, 0.25) is 0 Å². The molecule has 2 atom stereocenters. The van der Waals surface area contributed by atoms with Crippen molar-refractivity contribution in [1.82, 2.24) is 0 Å². The molecule has 0 bridgehead atoms. The summed E-state index contributed by atoms with van der Waals surface area (Å²) in [6, 6.07) is -0.532. The highest BCUT2D eigenvalue weighted by molar-refractivity contribution is 5.75. The Bertz CT molecular complexity index is 141.